The number of carbonyl (C=O) groups is 1. The highest BCUT2D eigenvalue weighted by molar-refractivity contribution is 5.81. The number of ketones is 1. The Bertz CT molecular complexity index is 338. The number of nitrogens with one attached hydrogen (secondary N) is 1. The summed E-state index contributed by atoms with van der Waals surface area (Å²) in [5, 5.41) is 3.54. The van der Waals surface area contributed by atoms with Crippen LogP contribution in [-0.2, 0) is 4.79 Å². The highest BCUT2D eigenvalue weighted by atomic mass is 16.1. The van der Waals surface area contributed by atoms with Crippen molar-refractivity contribution >= 4 is 5.78 Å². The van der Waals surface area contributed by atoms with Gasteiger partial charge in [0.25, 0.3) is 0 Å². The Hall–Kier alpha value is -0.630. The quantitative estimate of drug-likeness (QED) is 0.347. The molecule has 0 aromatic heterocycles. The molecule has 1 rings (SSSR count). The molecule has 0 amide bonds. The van der Waals surface area contributed by atoms with E-state index in [4.69, 9.17) is 0 Å². The first kappa shape index (κ1) is 21.4. The van der Waals surface area contributed by atoms with Gasteiger partial charge in [-0.25, -0.2) is 0 Å². The van der Waals surface area contributed by atoms with Crippen molar-refractivity contribution < 1.29 is 4.79 Å². The Morgan fingerprint density at radius 1 is 0.958 bits per heavy atom. The number of carbonyl (C=O) groups excluding carboxylic acids is 1. The van der Waals surface area contributed by atoms with E-state index >= 15 is 0 Å². The minimum Gasteiger partial charge on any atom is -0.314 e. The van der Waals surface area contributed by atoms with Crippen LogP contribution in [-0.4, -0.2) is 18.4 Å². The maximum absolute atomic E-state index is 12.5. The second-order valence-corrected chi connectivity index (χ2v) is 7.99. The maximum Gasteiger partial charge on any atom is 0.136 e. The summed E-state index contributed by atoms with van der Waals surface area (Å²) in [7, 11) is 0. The Labute approximate surface area is 150 Å². The first-order chi connectivity index (χ1) is 11.6. The Kier molecular flexibility index (Phi) is 12.2. The van der Waals surface area contributed by atoms with Crippen LogP contribution in [0.15, 0.2) is 12.2 Å². The molecule has 1 fully saturated rings. The Morgan fingerprint density at radius 2 is 1.58 bits per heavy atom. The molecule has 1 saturated heterocycles. The van der Waals surface area contributed by atoms with Crippen molar-refractivity contribution in [1.82, 2.24) is 5.32 Å². The second kappa shape index (κ2) is 13.6. The average Bonchev–Trinajstić information content (AvgIpc) is 2.73. The normalized spacial score (nSPS) is 25.0. The zero-order valence-electron chi connectivity index (χ0n) is 16.5. The zero-order chi connectivity index (χ0) is 17.6. The second-order valence-electron chi connectivity index (χ2n) is 7.99. The van der Waals surface area contributed by atoms with Crippen LogP contribution in [0, 0.1) is 11.8 Å². The molecular formula is C22H41NO. The van der Waals surface area contributed by atoms with Gasteiger partial charge in [0.1, 0.15) is 5.78 Å². The van der Waals surface area contributed by atoms with E-state index in [1.807, 2.05) is 0 Å². The fourth-order valence-electron chi connectivity index (χ4n) is 3.83. The van der Waals surface area contributed by atoms with E-state index in [2.05, 4.69) is 38.2 Å². The van der Waals surface area contributed by atoms with Gasteiger partial charge < -0.3 is 5.32 Å². The molecule has 1 aliphatic rings. The molecule has 3 atom stereocenters. The van der Waals surface area contributed by atoms with E-state index in [9.17, 15) is 4.79 Å². The molecule has 0 saturated carbocycles. The van der Waals surface area contributed by atoms with E-state index in [1.54, 1.807) is 0 Å². The van der Waals surface area contributed by atoms with Gasteiger partial charge in [-0.15, -0.1) is 0 Å². The van der Waals surface area contributed by atoms with Crippen LogP contribution < -0.4 is 5.32 Å². The highest BCUT2D eigenvalue weighted by Crippen LogP contribution is 2.24. The Balaban J connectivity index is 1.99. The predicted molar refractivity (Wildman–Crippen MR) is 105 cm³/mol. The van der Waals surface area contributed by atoms with Gasteiger partial charge in [0.15, 0.2) is 0 Å². The van der Waals surface area contributed by atoms with Crippen molar-refractivity contribution in [1.29, 1.82) is 0 Å². The molecular weight excluding hydrogens is 294 g/mol. The number of hydrogen-bond acceptors (Lipinski definition) is 2. The van der Waals surface area contributed by atoms with Gasteiger partial charge >= 0.3 is 0 Å². The molecule has 1 N–H and O–H groups in total. The fraction of sp³-hybridized carbons (Fsp3) is 0.864. The van der Waals surface area contributed by atoms with Crippen LogP contribution in [0.25, 0.3) is 0 Å². The number of hydrogen-bond donors (Lipinski definition) is 1. The largest absolute Gasteiger partial charge is 0.314 e. The maximum atomic E-state index is 12.5. The smallest absolute Gasteiger partial charge is 0.136 e. The minimum atomic E-state index is 0.308. The SMILES string of the molecule is CC=CCCCCCCCCCCC(=O)C1CC(C)CNC(C)C1. The summed E-state index contributed by atoms with van der Waals surface area (Å²) >= 11 is 0. The van der Waals surface area contributed by atoms with Gasteiger partial charge in [-0.3, -0.25) is 4.79 Å². The van der Waals surface area contributed by atoms with E-state index < -0.39 is 0 Å². The van der Waals surface area contributed by atoms with Crippen molar-refractivity contribution in [3.05, 3.63) is 12.2 Å². The number of unbranched alkanes of at least 4 members (excludes halogenated alkanes) is 8. The third-order valence-electron chi connectivity index (χ3n) is 5.37. The molecule has 0 radical (unpaired) electrons. The highest BCUT2D eigenvalue weighted by Gasteiger charge is 2.25. The van der Waals surface area contributed by atoms with Crippen LogP contribution in [0.5, 0.6) is 0 Å². The monoisotopic (exact) mass is 335 g/mol. The predicted octanol–water partition coefficient (Wildman–Crippen LogP) is 6.06. The van der Waals surface area contributed by atoms with Crippen molar-refractivity contribution in [3.63, 3.8) is 0 Å². The summed E-state index contributed by atoms with van der Waals surface area (Å²) in [6, 6.07) is 0.497. The average molecular weight is 336 g/mol. The van der Waals surface area contributed by atoms with Crippen molar-refractivity contribution in [2.45, 2.75) is 104 Å². The standard InChI is InChI=1S/C22H41NO/c1-4-5-6-7-8-9-10-11-12-13-14-15-22(24)21-16-19(2)18-23-20(3)17-21/h4-5,19-21,23H,6-18H2,1-3H3. The topological polar surface area (TPSA) is 29.1 Å². The summed E-state index contributed by atoms with van der Waals surface area (Å²) in [4.78, 5) is 12.5. The molecule has 2 nitrogen and oxygen atoms in total. The molecule has 2 heteroatoms. The van der Waals surface area contributed by atoms with E-state index in [1.165, 1.54) is 51.4 Å². The lowest BCUT2D eigenvalue weighted by atomic mass is 9.87. The zero-order valence-corrected chi connectivity index (χ0v) is 16.5. The third kappa shape index (κ3) is 10.3. The molecule has 1 aliphatic heterocycles. The third-order valence-corrected chi connectivity index (χ3v) is 5.37. The molecule has 0 bridgehead atoms. The fourth-order valence-corrected chi connectivity index (χ4v) is 3.83. The molecule has 0 aliphatic carbocycles. The van der Waals surface area contributed by atoms with E-state index in [0.29, 0.717) is 23.7 Å². The molecule has 24 heavy (non-hydrogen) atoms. The lowest BCUT2D eigenvalue weighted by molar-refractivity contribution is -0.123. The summed E-state index contributed by atoms with van der Waals surface area (Å²) in [5.41, 5.74) is 0. The number of Topliss-reactive ketones (excluding diaryl/α,β-unsaturated/α-hetero) is 1. The Morgan fingerprint density at radius 3 is 2.25 bits per heavy atom. The summed E-state index contributed by atoms with van der Waals surface area (Å²) < 4.78 is 0. The van der Waals surface area contributed by atoms with Gasteiger partial charge in [-0.05, 0) is 58.4 Å². The molecule has 1 heterocycles. The van der Waals surface area contributed by atoms with Crippen LogP contribution >= 0.6 is 0 Å². The first-order valence-electron chi connectivity index (χ1n) is 10.5. The van der Waals surface area contributed by atoms with Gasteiger partial charge in [-0.1, -0.05) is 57.6 Å². The summed E-state index contributed by atoms with van der Waals surface area (Å²) in [6.45, 7) is 7.65. The molecule has 140 valence electrons. The van der Waals surface area contributed by atoms with Crippen LogP contribution in [0.4, 0.5) is 0 Å². The van der Waals surface area contributed by atoms with Crippen LogP contribution in [0.1, 0.15) is 97.8 Å². The van der Waals surface area contributed by atoms with Gasteiger partial charge in [-0.2, -0.15) is 0 Å². The van der Waals surface area contributed by atoms with Crippen LogP contribution in [0.2, 0.25) is 0 Å². The molecule has 0 aromatic carbocycles. The van der Waals surface area contributed by atoms with E-state index in [0.717, 1.165) is 32.2 Å². The van der Waals surface area contributed by atoms with Gasteiger partial charge in [0.2, 0.25) is 0 Å². The van der Waals surface area contributed by atoms with Gasteiger partial charge in [0, 0.05) is 18.4 Å². The van der Waals surface area contributed by atoms with Crippen molar-refractivity contribution in [2.24, 2.45) is 11.8 Å². The van der Waals surface area contributed by atoms with Crippen molar-refractivity contribution in [2.75, 3.05) is 6.54 Å². The molecule has 3 unspecified atom stereocenters. The molecule has 0 spiro atoms. The molecule has 0 aromatic rings. The summed E-state index contributed by atoms with van der Waals surface area (Å²) in [6.07, 6.45) is 19.0. The summed E-state index contributed by atoms with van der Waals surface area (Å²) in [5.74, 6) is 1.47. The van der Waals surface area contributed by atoms with Crippen molar-refractivity contribution in [3.8, 4) is 0 Å². The first-order valence-corrected chi connectivity index (χ1v) is 10.5. The lowest BCUT2D eigenvalue weighted by Gasteiger charge is -2.16. The minimum absolute atomic E-state index is 0.308. The lowest BCUT2D eigenvalue weighted by Crippen LogP contribution is -2.28. The van der Waals surface area contributed by atoms with Gasteiger partial charge in [0.05, 0.1) is 0 Å². The van der Waals surface area contributed by atoms with E-state index in [-0.39, 0.29) is 0 Å². The number of allylic oxidation sites excluding steroid dienone is 2. The number of rotatable bonds is 12. The van der Waals surface area contributed by atoms with Crippen LogP contribution in [0.3, 0.4) is 0 Å².